The number of hydrogen-bond donors (Lipinski definition) is 0. The van der Waals surface area contributed by atoms with Crippen molar-refractivity contribution in [2.75, 3.05) is 13.7 Å². The predicted molar refractivity (Wildman–Crippen MR) is 158 cm³/mol. The van der Waals surface area contributed by atoms with Gasteiger partial charge in [0, 0.05) is 5.56 Å². The van der Waals surface area contributed by atoms with Crippen LogP contribution in [-0.4, -0.2) is 61.1 Å². The number of rotatable bonds is 8. The lowest BCUT2D eigenvalue weighted by Crippen LogP contribution is -2.68. The monoisotopic (exact) mass is 593 g/mol. The van der Waals surface area contributed by atoms with E-state index in [0.29, 0.717) is 22.6 Å². The number of nitrogens with zero attached hydrogens (tertiary/aromatic N) is 1. The topological polar surface area (TPSA) is 92.8 Å². The molecule has 4 aromatic carbocycles. The molecule has 224 valence electrons. The molecule has 0 bridgehead atoms. The average molecular weight is 594 g/mol. The number of amides is 2. The Kier molecular flexibility index (Phi) is 7.84. The fraction of sp³-hybridized carbons (Fsp3) is 0.257. The fourth-order valence-corrected chi connectivity index (χ4v) is 5.93. The van der Waals surface area contributed by atoms with Crippen molar-refractivity contribution in [2.45, 2.75) is 43.5 Å². The third-order valence-corrected chi connectivity index (χ3v) is 8.10. The molecule has 7 rings (SSSR count). The molecule has 2 fully saturated rings. The fourth-order valence-electron chi connectivity index (χ4n) is 5.93. The van der Waals surface area contributed by atoms with E-state index in [-0.39, 0.29) is 13.2 Å². The number of carbonyl (C=O) groups excluding carboxylic acids is 2. The van der Waals surface area contributed by atoms with Crippen LogP contribution in [-0.2, 0) is 25.6 Å². The normalized spacial score (nSPS) is 26.2. The highest BCUT2D eigenvalue weighted by Gasteiger charge is 2.57. The Balaban J connectivity index is 1.28. The van der Waals surface area contributed by atoms with Gasteiger partial charge in [-0.3, -0.25) is 14.5 Å². The van der Waals surface area contributed by atoms with Gasteiger partial charge in [0.05, 0.1) is 31.5 Å². The van der Waals surface area contributed by atoms with Gasteiger partial charge in [-0.15, -0.1) is 0 Å². The second kappa shape index (κ2) is 12.2. The van der Waals surface area contributed by atoms with Crippen LogP contribution in [0, 0.1) is 0 Å². The van der Waals surface area contributed by atoms with Gasteiger partial charge in [0.15, 0.2) is 6.29 Å². The van der Waals surface area contributed by atoms with Gasteiger partial charge in [-0.25, -0.2) is 0 Å². The molecule has 3 aliphatic heterocycles. The van der Waals surface area contributed by atoms with Crippen LogP contribution in [0.2, 0.25) is 0 Å². The number of benzene rings is 4. The highest BCUT2D eigenvalue weighted by molar-refractivity contribution is 6.21. The Morgan fingerprint density at radius 2 is 1.36 bits per heavy atom. The number of methoxy groups -OCH3 is 1. The van der Waals surface area contributed by atoms with Crippen LogP contribution in [0.5, 0.6) is 11.5 Å². The summed E-state index contributed by atoms with van der Waals surface area (Å²) < 4.78 is 37.5. The van der Waals surface area contributed by atoms with Gasteiger partial charge in [-0.2, -0.15) is 0 Å². The molecule has 3 aliphatic rings. The molecular formula is C35H31NO8. The number of carbonyl (C=O) groups is 2. The zero-order valence-corrected chi connectivity index (χ0v) is 24.0. The predicted octanol–water partition coefficient (Wildman–Crippen LogP) is 5.16. The summed E-state index contributed by atoms with van der Waals surface area (Å²) in [5, 5.41) is 0. The summed E-state index contributed by atoms with van der Waals surface area (Å²) in [6.45, 7) is 0.399. The van der Waals surface area contributed by atoms with Gasteiger partial charge in [0.1, 0.15) is 35.9 Å². The second-order valence-corrected chi connectivity index (χ2v) is 10.8. The smallest absolute Gasteiger partial charge is 0.262 e. The van der Waals surface area contributed by atoms with Gasteiger partial charge in [-0.05, 0) is 42.0 Å². The lowest BCUT2D eigenvalue weighted by atomic mass is 9.94. The number of ether oxygens (including phenoxy) is 6. The minimum absolute atomic E-state index is 0.187. The quantitative estimate of drug-likeness (QED) is 0.259. The molecule has 44 heavy (non-hydrogen) atoms. The van der Waals surface area contributed by atoms with E-state index in [1.54, 1.807) is 55.6 Å². The summed E-state index contributed by atoms with van der Waals surface area (Å²) in [6.07, 6.45) is -3.90. The van der Waals surface area contributed by atoms with Crippen molar-refractivity contribution in [3.63, 3.8) is 0 Å². The van der Waals surface area contributed by atoms with E-state index in [1.807, 2.05) is 60.7 Å². The van der Waals surface area contributed by atoms with E-state index in [2.05, 4.69) is 0 Å². The first-order chi connectivity index (χ1) is 21.6. The Hall–Kier alpha value is -4.54. The molecule has 2 saturated heterocycles. The second-order valence-electron chi connectivity index (χ2n) is 10.8. The van der Waals surface area contributed by atoms with Gasteiger partial charge in [0.25, 0.3) is 11.8 Å². The highest BCUT2D eigenvalue weighted by atomic mass is 16.8. The van der Waals surface area contributed by atoms with Crippen molar-refractivity contribution >= 4 is 11.8 Å². The third-order valence-electron chi connectivity index (χ3n) is 8.10. The van der Waals surface area contributed by atoms with Gasteiger partial charge >= 0.3 is 0 Å². The molecule has 6 atom stereocenters. The summed E-state index contributed by atoms with van der Waals surface area (Å²) in [7, 11) is 1.58. The van der Waals surface area contributed by atoms with Crippen molar-refractivity contribution in [1.29, 1.82) is 0 Å². The van der Waals surface area contributed by atoms with Gasteiger partial charge in [0.2, 0.25) is 6.29 Å². The zero-order valence-electron chi connectivity index (χ0n) is 24.0. The SMILES string of the molecule is COc1ccc(O[C@H]2O[C@@H]3COC(c4ccccc4)O[C@H]3[C@H](OCc3ccccc3)[C@H]2N2C(=O)c3ccccc3C2=O)cc1. The van der Waals surface area contributed by atoms with E-state index in [0.717, 1.165) is 11.1 Å². The summed E-state index contributed by atoms with van der Waals surface area (Å²) >= 11 is 0. The highest BCUT2D eigenvalue weighted by Crippen LogP contribution is 2.40. The van der Waals surface area contributed by atoms with Crippen LogP contribution in [0.25, 0.3) is 0 Å². The van der Waals surface area contributed by atoms with Crippen molar-refractivity contribution in [3.8, 4) is 11.5 Å². The maximum atomic E-state index is 13.9. The van der Waals surface area contributed by atoms with E-state index in [9.17, 15) is 9.59 Å². The molecule has 9 nitrogen and oxygen atoms in total. The van der Waals surface area contributed by atoms with Crippen molar-refractivity contribution < 1.29 is 38.0 Å². The summed E-state index contributed by atoms with van der Waals surface area (Å²) in [4.78, 5) is 29.0. The van der Waals surface area contributed by atoms with Crippen molar-refractivity contribution in [2.24, 2.45) is 0 Å². The Morgan fingerprint density at radius 1 is 0.750 bits per heavy atom. The minimum Gasteiger partial charge on any atom is -0.497 e. The zero-order chi connectivity index (χ0) is 30.0. The first-order valence-electron chi connectivity index (χ1n) is 14.5. The lowest BCUT2D eigenvalue weighted by Gasteiger charge is -2.50. The number of imide groups is 1. The first kappa shape index (κ1) is 28.2. The molecule has 0 saturated carbocycles. The molecule has 9 heteroatoms. The molecule has 1 unspecified atom stereocenters. The standard InChI is InChI=1S/C35H31NO8/c1-39-24-16-18-25(19-17-24)42-35-29(36-32(37)26-14-8-9-15-27(26)33(36)38)31(40-20-22-10-4-2-5-11-22)30-28(43-35)21-41-34(44-30)23-12-6-3-7-13-23/h2-19,28-31,34-35H,20-21H2,1H3/t28-,29-,30-,31-,34?,35+/m1/s1. The van der Waals surface area contributed by atoms with Crippen LogP contribution in [0.3, 0.4) is 0 Å². The third kappa shape index (κ3) is 5.35. The molecule has 3 heterocycles. The van der Waals surface area contributed by atoms with E-state index in [1.165, 1.54) is 4.90 Å². The van der Waals surface area contributed by atoms with E-state index >= 15 is 0 Å². The molecule has 0 aliphatic carbocycles. The maximum Gasteiger partial charge on any atom is 0.262 e. The number of fused-ring (bicyclic) bond motifs is 2. The van der Waals surface area contributed by atoms with E-state index < -0.39 is 48.7 Å². The van der Waals surface area contributed by atoms with Crippen molar-refractivity contribution in [3.05, 3.63) is 131 Å². The van der Waals surface area contributed by atoms with Crippen LogP contribution in [0.15, 0.2) is 109 Å². The Morgan fingerprint density at radius 3 is 2.02 bits per heavy atom. The van der Waals surface area contributed by atoms with Crippen LogP contribution >= 0.6 is 0 Å². The lowest BCUT2D eigenvalue weighted by molar-refractivity contribution is -0.344. The van der Waals surface area contributed by atoms with Crippen LogP contribution in [0.4, 0.5) is 0 Å². The average Bonchev–Trinajstić information content (AvgIpc) is 3.33. The molecule has 0 aromatic heterocycles. The van der Waals surface area contributed by atoms with Gasteiger partial charge < -0.3 is 28.4 Å². The molecular weight excluding hydrogens is 562 g/mol. The molecule has 4 aromatic rings. The minimum atomic E-state index is -1.09. The van der Waals surface area contributed by atoms with Crippen molar-refractivity contribution in [1.82, 2.24) is 4.90 Å². The van der Waals surface area contributed by atoms with Crippen LogP contribution in [0.1, 0.15) is 38.1 Å². The van der Waals surface area contributed by atoms with E-state index in [4.69, 9.17) is 28.4 Å². The first-order valence-corrected chi connectivity index (χ1v) is 14.5. The molecule has 2 amide bonds. The maximum absolute atomic E-state index is 13.9. The summed E-state index contributed by atoms with van der Waals surface area (Å²) in [5.41, 5.74) is 2.40. The van der Waals surface area contributed by atoms with Crippen LogP contribution < -0.4 is 9.47 Å². The van der Waals surface area contributed by atoms with Gasteiger partial charge in [-0.1, -0.05) is 72.8 Å². The molecule has 0 N–H and O–H groups in total. The number of hydrogen-bond acceptors (Lipinski definition) is 8. The Bertz CT molecular complexity index is 1580. The Labute approximate surface area is 254 Å². The summed E-state index contributed by atoms with van der Waals surface area (Å²) in [6, 6.07) is 32.1. The largest absolute Gasteiger partial charge is 0.497 e. The molecule has 0 spiro atoms. The molecule has 0 radical (unpaired) electrons. The summed E-state index contributed by atoms with van der Waals surface area (Å²) in [5.74, 6) is 0.239.